The summed E-state index contributed by atoms with van der Waals surface area (Å²) >= 11 is 0. The molecule has 100 valence electrons. The van der Waals surface area contributed by atoms with Crippen molar-refractivity contribution >= 4 is 11.9 Å². The maximum atomic E-state index is 11.6. The highest BCUT2D eigenvalue weighted by molar-refractivity contribution is 5.90. The Labute approximate surface area is 108 Å². The van der Waals surface area contributed by atoms with Crippen molar-refractivity contribution in [1.82, 2.24) is 20.5 Å². The van der Waals surface area contributed by atoms with Crippen LogP contribution < -0.4 is 10.6 Å². The first kappa shape index (κ1) is 14.5. The molecule has 0 unspecified atom stereocenters. The predicted octanol–water partition coefficient (Wildman–Crippen LogP) is 0.934. The van der Waals surface area contributed by atoms with Gasteiger partial charge in [0.2, 0.25) is 11.9 Å². The molecule has 1 aromatic heterocycles. The number of hydrogen-bond acceptors (Lipinski definition) is 5. The van der Waals surface area contributed by atoms with Gasteiger partial charge < -0.3 is 5.32 Å². The molecule has 0 saturated carbocycles. The van der Waals surface area contributed by atoms with E-state index in [0.29, 0.717) is 0 Å². The normalized spacial score (nSPS) is 10.4. The van der Waals surface area contributed by atoms with Crippen LogP contribution in [0, 0.1) is 0 Å². The minimum atomic E-state index is -0.142. The molecule has 0 bridgehead atoms. The third-order valence-corrected chi connectivity index (χ3v) is 2.47. The lowest BCUT2D eigenvalue weighted by atomic mass is 10.2. The van der Waals surface area contributed by atoms with Crippen LogP contribution in [0.2, 0.25) is 0 Å². The summed E-state index contributed by atoms with van der Waals surface area (Å²) in [7, 11) is 0. The maximum absolute atomic E-state index is 11.6. The number of carbonyl (C=O) groups is 1. The summed E-state index contributed by atoms with van der Waals surface area (Å²) in [5.41, 5.74) is 1.78. The fourth-order valence-corrected chi connectivity index (χ4v) is 1.54. The van der Waals surface area contributed by atoms with Gasteiger partial charge in [-0.15, -0.1) is 10.2 Å². The zero-order valence-corrected chi connectivity index (χ0v) is 11.3. The highest BCUT2D eigenvalue weighted by Gasteiger charge is 2.08. The van der Waals surface area contributed by atoms with Crippen LogP contribution in [0.25, 0.3) is 0 Å². The fourth-order valence-electron chi connectivity index (χ4n) is 1.54. The average Bonchev–Trinajstić information content (AvgIpc) is 2.39. The van der Waals surface area contributed by atoms with Crippen molar-refractivity contribution < 1.29 is 4.79 Å². The molecule has 1 amide bonds. The van der Waals surface area contributed by atoms with Gasteiger partial charge in [-0.05, 0) is 25.8 Å². The smallest absolute Gasteiger partial charge is 0.249 e. The number of hydrogen-bond donors (Lipinski definition) is 2. The van der Waals surface area contributed by atoms with E-state index in [-0.39, 0.29) is 18.4 Å². The van der Waals surface area contributed by atoms with E-state index in [4.69, 9.17) is 0 Å². The second kappa shape index (κ2) is 7.71. The topological polar surface area (TPSA) is 79.8 Å². The predicted molar refractivity (Wildman–Crippen MR) is 70.4 cm³/mol. The van der Waals surface area contributed by atoms with E-state index in [1.807, 2.05) is 13.8 Å². The summed E-state index contributed by atoms with van der Waals surface area (Å²) in [6, 6.07) is 0. The van der Waals surface area contributed by atoms with E-state index in [2.05, 4.69) is 32.7 Å². The summed E-state index contributed by atoms with van der Waals surface area (Å²) in [5.74, 6) is 0.143. The Kier molecular flexibility index (Phi) is 6.21. The molecule has 0 atom stereocenters. The van der Waals surface area contributed by atoms with E-state index in [9.17, 15) is 4.79 Å². The van der Waals surface area contributed by atoms with E-state index >= 15 is 0 Å². The Morgan fingerprint density at radius 3 is 2.44 bits per heavy atom. The van der Waals surface area contributed by atoms with Crippen LogP contribution in [-0.4, -0.2) is 34.2 Å². The first-order valence-corrected chi connectivity index (χ1v) is 6.44. The zero-order valence-electron chi connectivity index (χ0n) is 11.3. The van der Waals surface area contributed by atoms with Crippen LogP contribution >= 0.6 is 0 Å². The molecule has 1 aromatic rings. The number of nitrogens with one attached hydrogen (secondary N) is 2. The third kappa shape index (κ3) is 4.37. The molecule has 0 spiro atoms. The lowest BCUT2D eigenvalue weighted by molar-refractivity contribution is -0.115. The monoisotopic (exact) mass is 251 g/mol. The Morgan fingerprint density at radius 1 is 1.11 bits per heavy atom. The minimum Gasteiger partial charge on any atom is -0.308 e. The molecular formula is C12H21N5O. The van der Waals surface area contributed by atoms with Crippen molar-refractivity contribution in [3.63, 3.8) is 0 Å². The van der Waals surface area contributed by atoms with Crippen LogP contribution in [0.5, 0.6) is 0 Å². The van der Waals surface area contributed by atoms with Crippen molar-refractivity contribution in [2.24, 2.45) is 0 Å². The molecule has 2 N–H and O–H groups in total. The standard InChI is InChI=1S/C12H21N5O/c1-4-7-13-8-11(18)15-12-14-9(5-2)10(6-3)16-17-12/h13H,4-8H2,1-3H3,(H,14,15,17,18). The van der Waals surface area contributed by atoms with E-state index < -0.39 is 0 Å². The van der Waals surface area contributed by atoms with Gasteiger partial charge in [-0.2, -0.15) is 0 Å². The quantitative estimate of drug-likeness (QED) is 0.705. The molecule has 0 radical (unpaired) electrons. The molecule has 1 heterocycles. The summed E-state index contributed by atoms with van der Waals surface area (Å²) in [6.45, 7) is 7.17. The van der Waals surface area contributed by atoms with Crippen LogP contribution in [-0.2, 0) is 17.6 Å². The third-order valence-electron chi connectivity index (χ3n) is 2.47. The second-order valence-electron chi connectivity index (χ2n) is 3.96. The van der Waals surface area contributed by atoms with Crippen molar-refractivity contribution in [3.05, 3.63) is 11.4 Å². The Hall–Kier alpha value is -1.56. The van der Waals surface area contributed by atoms with Crippen LogP contribution in [0.4, 0.5) is 5.95 Å². The Bertz CT molecular complexity index is 394. The van der Waals surface area contributed by atoms with Gasteiger partial charge >= 0.3 is 0 Å². The summed E-state index contributed by atoms with van der Waals surface area (Å²) in [4.78, 5) is 15.9. The van der Waals surface area contributed by atoms with Gasteiger partial charge in [-0.1, -0.05) is 20.8 Å². The average molecular weight is 251 g/mol. The lowest BCUT2D eigenvalue weighted by Gasteiger charge is -2.07. The molecule has 0 fully saturated rings. The van der Waals surface area contributed by atoms with Crippen molar-refractivity contribution in [1.29, 1.82) is 0 Å². The number of nitrogens with zero attached hydrogens (tertiary/aromatic N) is 3. The first-order chi connectivity index (χ1) is 8.71. The fraction of sp³-hybridized carbons (Fsp3) is 0.667. The number of rotatable bonds is 7. The number of aryl methyl sites for hydroxylation is 2. The highest BCUT2D eigenvalue weighted by atomic mass is 16.2. The first-order valence-electron chi connectivity index (χ1n) is 6.44. The van der Waals surface area contributed by atoms with E-state index in [0.717, 1.165) is 37.2 Å². The summed E-state index contributed by atoms with van der Waals surface area (Å²) in [6.07, 6.45) is 2.58. The summed E-state index contributed by atoms with van der Waals surface area (Å²) < 4.78 is 0. The van der Waals surface area contributed by atoms with E-state index in [1.165, 1.54) is 0 Å². The largest absolute Gasteiger partial charge is 0.308 e. The number of amides is 1. The molecule has 0 aliphatic rings. The molecule has 18 heavy (non-hydrogen) atoms. The van der Waals surface area contributed by atoms with Gasteiger partial charge in [-0.25, -0.2) is 4.98 Å². The van der Waals surface area contributed by atoms with Crippen LogP contribution in [0.1, 0.15) is 38.6 Å². The minimum absolute atomic E-state index is 0.142. The van der Waals surface area contributed by atoms with Crippen LogP contribution in [0.15, 0.2) is 0 Å². The highest BCUT2D eigenvalue weighted by Crippen LogP contribution is 2.06. The van der Waals surface area contributed by atoms with Gasteiger partial charge in [-0.3, -0.25) is 10.1 Å². The summed E-state index contributed by atoms with van der Waals surface area (Å²) in [5, 5.41) is 13.6. The SMILES string of the molecule is CCCNCC(=O)Nc1nnc(CC)c(CC)n1. The lowest BCUT2D eigenvalue weighted by Crippen LogP contribution is -2.29. The zero-order chi connectivity index (χ0) is 13.4. The number of aromatic nitrogens is 3. The number of anilines is 1. The van der Waals surface area contributed by atoms with Crippen molar-refractivity contribution in [2.45, 2.75) is 40.0 Å². The van der Waals surface area contributed by atoms with Crippen molar-refractivity contribution in [2.75, 3.05) is 18.4 Å². The number of carbonyl (C=O) groups excluding carboxylic acids is 1. The second-order valence-corrected chi connectivity index (χ2v) is 3.96. The molecule has 0 aromatic carbocycles. The van der Waals surface area contributed by atoms with Crippen LogP contribution in [0.3, 0.4) is 0 Å². The molecule has 0 saturated heterocycles. The van der Waals surface area contributed by atoms with E-state index in [1.54, 1.807) is 0 Å². The molecule has 0 aliphatic heterocycles. The molecule has 1 rings (SSSR count). The van der Waals surface area contributed by atoms with Gasteiger partial charge in [0.1, 0.15) is 0 Å². The van der Waals surface area contributed by atoms with Gasteiger partial charge in [0.15, 0.2) is 0 Å². The van der Waals surface area contributed by atoms with Gasteiger partial charge in [0.05, 0.1) is 17.9 Å². The maximum Gasteiger partial charge on any atom is 0.249 e. The molecule has 0 aliphatic carbocycles. The Balaban J connectivity index is 2.59. The van der Waals surface area contributed by atoms with Crippen molar-refractivity contribution in [3.8, 4) is 0 Å². The molecule has 6 heteroatoms. The van der Waals surface area contributed by atoms with Gasteiger partial charge in [0.25, 0.3) is 0 Å². The Morgan fingerprint density at radius 2 is 1.83 bits per heavy atom. The van der Waals surface area contributed by atoms with Gasteiger partial charge in [0, 0.05) is 0 Å². The molecule has 6 nitrogen and oxygen atoms in total. The molecular weight excluding hydrogens is 230 g/mol.